The lowest BCUT2D eigenvalue weighted by molar-refractivity contribution is -0.117. The number of carbonyl (C=O) groups excluding carboxylic acids is 2. The van der Waals surface area contributed by atoms with Crippen molar-refractivity contribution in [3.8, 4) is 11.4 Å². The molecule has 0 unspecified atom stereocenters. The van der Waals surface area contributed by atoms with E-state index in [-0.39, 0.29) is 17.7 Å². The molecule has 0 atom stereocenters. The van der Waals surface area contributed by atoms with Gasteiger partial charge in [0.1, 0.15) is 5.69 Å². The van der Waals surface area contributed by atoms with Crippen molar-refractivity contribution in [2.45, 2.75) is 12.8 Å². The predicted octanol–water partition coefficient (Wildman–Crippen LogP) is 3.60. The van der Waals surface area contributed by atoms with Crippen LogP contribution in [0.1, 0.15) is 23.3 Å². The number of aromatic nitrogens is 5. The molecule has 2 aromatic carbocycles. The fourth-order valence-electron chi connectivity index (χ4n) is 3.25. The molecule has 1 fully saturated rings. The number of aromatic amines is 2. The number of halogens is 1. The minimum Gasteiger partial charge on any atom is -0.349 e. The Labute approximate surface area is 175 Å². The summed E-state index contributed by atoms with van der Waals surface area (Å²) in [5.41, 5.74) is 2.78. The van der Waals surface area contributed by atoms with Gasteiger partial charge in [-0.2, -0.15) is 0 Å². The van der Waals surface area contributed by atoms with Gasteiger partial charge in [-0.1, -0.05) is 23.7 Å². The fourth-order valence-corrected chi connectivity index (χ4v) is 3.42. The Bertz CT molecular complexity index is 1260. The van der Waals surface area contributed by atoms with Crippen molar-refractivity contribution < 1.29 is 9.59 Å². The fraction of sp³-hybridized carbons (Fsp3) is 0.150. The second-order valence-corrected chi connectivity index (χ2v) is 7.55. The maximum absolute atomic E-state index is 12.9. The number of fused-ring (bicyclic) bond motifs is 1. The summed E-state index contributed by atoms with van der Waals surface area (Å²) < 4.78 is 0. The third-order valence-electron chi connectivity index (χ3n) is 4.94. The van der Waals surface area contributed by atoms with Gasteiger partial charge in [-0.25, -0.2) is 5.10 Å². The Morgan fingerprint density at radius 2 is 1.93 bits per heavy atom. The molecule has 0 spiro atoms. The van der Waals surface area contributed by atoms with Crippen LogP contribution in [-0.2, 0) is 4.79 Å². The molecule has 2 aromatic heterocycles. The first-order valence-electron chi connectivity index (χ1n) is 9.36. The lowest BCUT2D eigenvalue weighted by Crippen LogP contribution is -2.14. The van der Waals surface area contributed by atoms with E-state index < -0.39 is 0 Å². The minimum atomic E-state index is -0.346. The van der Waals surface area contributed by atoms with Gasteiger partial charge in [0.25, 0.3) is 5.91 Å². The Morgan fingerprint density at radius 3 is 2.70 bits per heavy atom. The van der Waals surface area contributed by atoms with E-state index in [0.717, 1.165) is 18.2 Å². The summed E-state index contributed by atoms with van der Waals surface area (Å²) in [4.78, 5) is 28.2. The van der Waals surface area contributed by atoms with Crippen LogP contribution in [0.4, 0.5) is 11.4 Å². The quantitative estimate of drug-likeness (QED) is 0.391. The molecule has 10 heteroatoms. The summed E-state index contributed by atoms with van der Waals surface area (Å²) in [5.74, 6) is 0.137. The number of nitrogens with one attached hydrogen (secondary N) is 4. The van der Waals surface area contributed by atoms with Crippen LogP contribution >= 0.6 is 11.6 Å². The van der Waals surface area contributed by atoms with Crippen molar-refractivity contribution in [2.24, 2.45) is 5.92 Å². The van der Waals surface area contributed by atoms with E-state index in [1.807, 2.05) is 18.2 Å². The van der Waals surface area contributed by atoms with Crippen molar-refractivity contribution in [2.75, 3.05) is 10.6 Å². The Kier molecular flexibility index (Phi) is 4.44. The van der Waals surface area contributed by atoms with Crippen LogP contribution in [0.3, 0.4) is 0 Å². The number of benzene rings is 2. The lowest BCUT2D eigenvalue weighted by atomic mass is 10.1. The number of carbonyl (C=O) groups is 2. The molecule has 0 saturated heterocycles. The van der Waals surface area contributed by atoms with Gasteiger partial charge in [-0.15, -0.1) is 5.10 Å². The average molecular weight is 422 g/mol. The number of nitrogens with zero attached hydrogens (tertiary/aromatic N) is 3. The highest BCUT2D eigenvalue weighted by Gasteiger charge is 2.30. The highest BCUT2D eigenvalue weighted by Crippen LogP contribution is 2.32. The van der Waals surface area contributed by atoms with Crippen molar-refractivity contribution in [1.29, 1.82) is 0 Å². The van der Waals surface area contributed by atoms with E-state index in [1.165, 1.54) is 0 Å². The van der Waals surface area contributed by atoms with Crippen LogP contribution in [0, 0.1) is 5.92 Å². The van der Waals surface area contributed by atoms with Gasteiger partial charge in [-0.3, -0.25) is 9.59 Å². The molecule has 4 N–H and O–H groups in total. The van der Waals surface area contributed by atoms with E-state index >= 15 is 0 Å². The molecule has 0 radical (unpaired) electrons. The van der Waals surface area contributed by atoms with Crippen molar-refractivity contribution >= 4 is 45.7 Å². The summed E-state index contributed by atoms with van der Waals surface area (Å²) in [6, 6.07) is 12.3. The zero-order valence-electron chi connectivity index (χ0n) is 15.6. The molecule has 150 valence electrons. The second-order valence-electron chi connectivity index (χ2n) is 7.11. The van der Waals surface area contributed by atoms with Gasteiger partial charge < -0.3 is 15.6 Å². The van der Waals surface area contributed by atoms with Crippen molar-refractivity contribution in [1.82, 2.24) is 25.6 Å². The first kappa shape index (κ1) is 18.3. The number of para-hydroxylation sites is 1. The van der Waals surface area contributed by atoms with Crippen LogP contribution in [0.25, 0.3) is 22.3 Å². The van der Waals surface area contributed by atoms with E-state index in [2.05, 4.69) is 36.2 Å². The van der Waals surface area contributed by atoms with Gasteiger partial charge in [0, 0.05) is 21.9 Å². The van der Waals surface area contributed by atoms with Gasteiger partial charge in [0.05, 0.1) is 16.9 Å². The van der Waals surface area contributed by atoms with Gasteiger partial charge in [-0.05, 0) is 53.6 Å². The van der Waals surface area contributed by atoms with Crippen molar-refractivity contribution in [3.63, 3.8) is 0 Å². The molecular formula is C20H16ClN7O2. The number of H-pyrrole nitrogens is 2. The Hall–Kier alpha value is -3.72. The molecule has 5 rings (SSSR count). The van der Waals surface area contributed by atoms with E-state index in [4.69, 9.17) is 11.6 Å². The van der Waals surface area contributed by atoms with Crippen molar-refractivity contribution in [3.05, 3.63) is 53.2 Å². The number of anilines is 2. The molecule has 2 heterocycles. The molecule has 0 aliphatic heterocycles. The summed E-state index contributed by atoms with van der Waals surface area (Å²) in [6.45, 7) is 0. The molecule has 30 heavy (non-hydrogen) atoms. The number of hydrogen-bond donors (Lipinski definition) is 4. The molecule has 1 aliphatic carbocycles. The SMILES string of the molecule is O=C(Nc1ccc(Cl)cc1-c1nnn[nH]1)c1cc2cccc(NC(=O)C3CC3)c2[nH]1. The van der Waals surface area contributed by atoms with Crippen LogP contribution in [-0.4, -0.2) is 37.4 Å². The highest BCUT2D eigenvalue weighted by molar-refractivity contribution is 6.31. The number of amides is 2. The van der Waals surface area contributed by atoms with E-state index in [9.17, 15) is 9.59 Å². The van der Waals surface area contributed by atoms with Crippen LogP contribution in [0.15, 0.2) is 42.5 Å². The largest absolute Gasteiger partial charge is 0.349 e. The smallest absolute Gasteiger partial charge is 0.272 e. The minimum absolute atomic E-state index is 0.00887. The lowest BCUT2D eigenvalue weighted by Gasteiger charge is -2.09. The first-order valence-corrected chi connectivity index (χ1v) is 9.74. The highest BCUT2D eigenvalue weighted by atomic mass is 35.5. The standard InChI is InChI=1S/C20H16ClN7O2/c21-12-6-7-14(13(9-12)18-25-27-28-26-18)23-20(30)16-8-11-2-1-3-15(17(11)22-16)24-19(29)10-4-5-10/h1-3,6-10,22H,4-5H2,(H,23,30)(H,24,29)(H,25,26,27,28). The predicted molar refractivity (Wildman–Crippen MR) is 112 cm³/mol. The normalized spacial score (nSPS) is 13.4. The van der Waals surface area contributed by atoms with E-state index in [1.54, 1.807) is 24.3 Å². The van der Waals surface area contributed by atoms with E-state index in [0.29, 0.717) is 39.0 Å². The summed E-state index contributed by atoms with van der Waals surface area (Å²) in [6.07, 6.45) is 1.84. The summed E-state index contributed by atoms with van der Waals surface area (Å²) in [7, 11) is 0. The molecule has 1 aliphatic rings. The van der Waals surface area contributed by atoms with Gasteiger partial charge in [0.15, 0.2) is 5.82 Å². The topological polar surface area (TPSA) is 128 Å². The first-order chi connectivity index (χ1) is 14.6. The molecule has 2 amide bonds. The molecule has 0 bridgehead atoms. The number of rotatable bonds is 5. The molecular weight excluding hydrogens is 406 g/mol. The summed E-state index contributed by atoms with van der Waals surface area (Å²) in [5, 5.41) is 20.8. The molecule has 9 nitrogen and oxygen atoms in total. The van der Waals surface area contributed by atoms with Crippen LogP contribution < -0.4 is 10.6 Å². The summed E-state index contributed by atoms with van der Waals surface area (Å²) >= 11 is 6.09. The molecule has 4 aromatic rings. The van der Waals surface area contributed by atoms with Crippen LogP contribution in [0.5, 0.6) is 0 Å². The zero-order chi connectivity index (χ0) is 20.7. The van der Waals surface area contributed by atoms with Gasteiger partial charge >= 0.3 is 0 Å². The third kappa shape index (κ3) is 3.50. The zero-order valence-corrected chi connectivity index (χ0v) is 16.3. The average Bonchev–Trinajstić information content (AvgIpc) is 3.26. The monoisotopic (exact) mass is 421 g/mol. The number of tetrazole rings is 1. The Morgan fingerprint density at radius 1 is 1.07 bits per heavy atom. The van der Waals surface area contributed by atoms with Crippen LogP contribution in [0.2, 0.25) is 5.02 Å². The Balaban J connectivity index is 1.44. The van der Waals surface area contributed by atoms with Gasteiger partial charge in [0.2, 0.25) is 5.91 Å². The molecule has 1 saturated carbocycles. The third-order valence-corrected chi connectivity index (χ3v) is 5.17. The maximum atomic E-state index is 12.9. The maximum Gasteiger partial charge on any atom is 0.272 e. The number of hydrogen-bond acceptors (Lipinski definition) is 5. The second kappa shape index (κ2) is 7.27.